The molecular formula is C11H14ClF3N2O. The van der Waals surface area contributed by atoms with Gasteiger partial charge < -0.3 is 11.1 Å². The van der Waals surface area contributed by atoms with Crippen molar-refractivity contribution in [1.29, 1.82) is 0 Å². The van der Waals surface area contributed by atoms with E-state index >= 15 is 0 Å². The number of nitrogens with one attached hydrogen (secondary N) is 1. The molecule has 1 aromatic carbocycles. The molecule has 18 heavy (non-hydrogen) atoms. The van der Waals surface area contributed by atoms with Gasteiger partial charge in [0.1, 0.15) is 0 Å². The molecule has 3 nitrogen and oxygen atoms in total. The van der Waals surface area contributed by atoms with Crippen LogP contribution < -0.4 is 11.1 Å². The van der Waals surface area contributed by atoms with Crippen molar-refractivity contribution in [3.05, 3.63) is 35.1 Å². The van der Waals surface area contributed by atoms with Crippen LogP contribution in [0.2, 0.25) is 0 Å². The van der Waals surface area contributed by atoms with Gasteiger partial charge in [-0.3, -0.25) is 4.79 Å². The van der Waals surface area contributed by atoms with E-state index in [-0.39, 0.29) is 12.4 Å². The molecule has 0 saturated carbocycles. The highest BCUT2D eigenvalue weighted by Gasteiger charge is 2.18. The minimum absolute atomic E-state index is 0. The Bertz CT molecular complexity index is 416. The standard InChI is InChI=1S/C11H13F3N2O.ClH/c12-8-4-3-7(9(13)10(8)14)11(17)16-6-2-1-5-15;/h3-4H,1-2,5-6,15H2,(H,16,17);1H. The number of amides is 1. The van der Waals surface area contributed by atoms with E-state index < -0.39 is 28.9 Å². The molecule has 0 saturated heterocycles. The Kier molecular flexibility index (Phi) is 7.38. The van der Waals surface area contributed by atoms with Crippen LogP contribution in [0, 0.1) is 17.5 Å². The number of unbranched alkanes of at least 4 members (excludes halogenated alkanes) is 1. The van der Waals surface area contributed by atoms with Crippen LogP contribution in [0.4, 0.5) is 13.2 Å². The molecule has 0 unspecified atom stereocenters. The number of halogens is 4. The largest absolute Gasteiger partial charge is 0.352 e. The van der Waals surface area contributed by atoms with Crippen molar-refractivity contribution in [2.45, 2.75) is 12.8 Å². The topological polar surface area (TPSA) is 55.1 Å². The van der Waals surface area contributed by atoms with Gasteiger partial charge in [-0.2, -0.15) is 0 Å². The predicted molar refractivity (Wildman–Crippen MR) is 64.2 cm³/mol. The molecule has 0 heterocycles. The Morgan fingerprint density at radius 1 is 1.17 bits per heavy atom. The first-order chi connectivity index (χ1) is 8.07. The maximum absolute atomic E-state index is 13.2. The summed E-state index contributed by atoms with van der Waals surface area (Å²) in [6, 6.07) is 1.62. The van der Waals surface area contributed by atoms with Crippen LogP contribution in [0.5, 0.6) is 0 Å². The molecule has 0 fully saturated rings. The van der Waals surface area contributed by atoms with Crippen LogP contribution in [-0.2, 0) is 0 Å². The van der Waals surface area contributed by atoms with E-state index in [0.29, 0.717) is 25.6 Å². The Hall–Kier alpha value is -1.27. The summed E-state index contributed by atoms with van der Waals surface area (Å²) < 4.78 is 38.7. The number of carbonyl (C=O) groups is 1. The number of carbonyl (C=O) groups excluding carboxylic acids is 1. The van der Waals surface area contributed by atoms with Crippen molar-refractivity contribution < 1.29 is 18.0 Å². The van der Waals surface area contributed by atoms with Crippen molar-refractivity contribution in [3.63, 3.8) is 0 Å². The highest BCUT2D eigenvalue weighted by atomic mass is 35.5. The first kappa shape index (κ1) is 16.7. The summed E-state index contributed by atoms with van der Waals surface area (Å²) in [4.78, 5) is 11.4. The molecule has 0 bridgehead atoms. The second-order valence-electron chi connectivity index (χ2n) is 3.47. The van der Waals surface area contributed by atoms with Gasteiger partial charge in [-0.05, 0) is 31.5 Å². The third-order valence-corrected chi connectivity index (χ3v) is 2.20. The summed E-state index contributed by atoms with van der Waals surface area (Å²) in [5.74, 6) is -5.19. The number of nitrogens with two attached hydrogens (primary N) is 1. The molecule has 3 N–H and O–H groups in total. The van der Waals surface area contributed by atoms with E-state index in [0.717, 1.165) is 12.5 Å². The summed E-state index contributed by atoms with van der Waals surface area (Å²) in [6.07, 6.45) is 1.37. The molecule has 0 aliphatic carbocycles. The fraction of sp³-hybridized carbons (Fsp3) is 0.364. The lowest BCUT2D eigenvalue weighted by atomic mass is 10.2. The minimum atomic E-state index is -1.64. The Morgan fingerprint density at radius 2 is 1.83 bits per heavy atom. The average molecular weight is 283 g/mol. The zero-order valence-corrected chi connectivity index (χ0v) is 10.3. The third kappa shape index (κ3) is 4.19. The number of hydrogen-bond acceptors (Lipinski definition) is 2. The molecule has 0 spiro atoms. The summed E-state index contributed by atoms with van der Waals surface area (Å²) >= 11 is 0. The van der Waals surface area contributed by atoms with E-state index in [4.69, 9.17) is 5.73 Å². The smallest absolute Gasteiger partial charge is 0.254 e. The summed E-state index contributed by atoms with van der Waals surface area (Å²) in [5.41, 5.74) is 4.75. The van der Waals surface area contributed by atoms with Gasteiger partial charge in [-0.15, -0.1) is 12.4 Å². The molecule has 0 radical (unpaired) electrons. The molecule has 1 aromatic rings. The van der Waals surface area contributed by atoms with Crippen LogP contribution in [0.25, 0.3) is 0 Å². The summed E-state index contributed by atoms with van der Waals surface area (Å²) in [5, 5.41) is 2.40. The van der Waals surface area contributed by atoms with Crippen LogP contribution in [-0.4, -0.2) is 19.0 Å². The molecule has 0 aliphatic heterocycles. The summed E-state index contributed by atoms with van der Waals surface area (Å²) in [6.45, 7) is 0.809. The van der Waals surface area contributed by atoms with Crippen molar-refractivity contribution in [1.82, 2.24) is 5.32 Å². The molecule has 1 amide bonds. The second-order valence-corrected chi connectivity index (χ2v) is 3.47. The zero-order valence-electron chi connectivity index (χ0n) is 9.51. The first-order valence-corrected chi connectivity index (χ1v) is 5.19. The normalized spacial score (nSPS) is 9.78. The second kappa shape index (κ2) is 7.94. The Labute approximate surface area is 109 Å². The van der Waals surface area contributed by atoms with Crippen LogP contribution in [0.15, 0.2) is 12.1 Å². The molecule has 0 aromatic heterocycles. The average Bonchev–Trinajstić information content (AvgIpc) is 2.31. The van der Waals surface area contributed by atoms with Gasteiger partial charge >= 0.3 is 0 Å². The van der Waals surface area contributed by atoms with E-state index in [1.807, 2.05) is 0 Å². The van der Waals surface area contributed by atoms with Gasteiger partial charge in [0.2, 0.25) is 0 Å². The molecule has 102 valence electrons. The van der Waals surface area contributed by atoms with E-state index in [2.05, 4.69) is 5.32 Å². The number of benzene rings is 1. The van der Waals surface area contributed by atoms with Gasteiger partial charge in [-0.25, -0.2) is 13.2 Å². The monoisotopic (exact) mass is 282 g/mol. The maximum Gasteiger partial charge on any atom is 0.254 e. The van der Waals surface area contributed by atoms with Crippen LogP contribution in [0.1, 0.15) is 23.2 Å². The van der Waals surface area contributed by atoms with Gasteiger partial charge in [-0.1, -0.05) is 0 Å². The maximum atomic E-state index is 13.2. The van der Waals surface area contributed by atoms with Crippen molar-refractivity contribution in [3.8, 4) is 0 Å². The lowest BCUT2D eigenvalue weighted by Crippen LogP contribution is -2.26. The zero-order chi connectivity index (χ0) is 12.8. The Balaban J connectivity index is 0.00000289. The molecular weight excluding hydrogens is 269 g/mol. The van der Waals surface area contributed by atoms with Gasteiger partial charge in [0.05, 0.1) is 5.56 Å². The number of hydrogen-bond donors (Lipinski definition) is 2. The lowest BCUT2D eigenvalue weighted by molar-refractivity contribution is 0.0947. The highest BCUT2D eigenvalue weighted by molar-refractivity contribution is 5.94. The van der Waals surface area contributed by atoms with E-state index in [1.54, 1.807) is 0 Å². The molecule has 7 heteroatoms. The van der Waals surface area contributed by atoms with Crippen LogP contribution >= 0.6 is 12.4 Å². The first-order valence-electron chi connectivity index (χ1n) is 5.19. The van der Waals surface area contributed by atoms with Crippen molar-refractivity contribution in [2.24, 2.45) is 5.73 Å². The van der Waals surface area contributed by atoms with Gasteiger partial charge in [0.25, 0.3) is 5.91 Å². The highest BCUT2D eigenvalue weighted by Crippen LogP contribution is 2.14. The predicted octanol–water partition coefficient (Wildman–Crippen LogP) is 1.99. The minimum Gasteiger partial charge on any atom is -0.352 e. The molecule has 1 rings (SSSR count). The fourth-order valence-electron chi connectivity index (χ4n) is 1.27. The van der Waals surface area contributed by atoms with Crippen molar-refractivity contribution in [2.75, 3.05) is 13.1 Å². The SMILES string of the molecule is Cl.NCCCCNC(=O)c1ccc(F)c(F)c1F. The summed E-state index contributed by atoms with van der Waals surface area (Å²) in [7, 11) is 0. The third-order valence-electron chi connectivity index (χ3n) is 2.20. The van der Waals surface area contributed by atoms with E-state index in [1.165, 1.54) is 0 Å². The number of rotatable bonds is 5. The van der Waals surface area contributed by atoms with Gasteiger partial charge in [0.15, 0.2) is 17.5 Å². The van der Waals surface area contributed by atoms with Gasteiger partial charge in [0, 0.05) is 6.54 Å². The molecule has 0 atom stereocenters. The van der Waals surface area contributed by atoms with E-state index in [9.17, 15) is 18.0 Å². The van der Waals surface area contributed by atoms with Crippen molar-refractivity contribution >= 4 is 18.3 Å². The Morgan fingerprint density at radius 3 is 2.44 bits per heavy atom. The quantitative estimate of drug-likeness (QED) is 0.641. The fourth-order valence-corrected chi connectivity index (χ4v) is 1.27. The lowest BCUT2D eigenvalue weighted by Gasteiger charge is -2.06. The van der Waals surface area contributed by atoms with Crippen LogP contribution in [0.3, 0.4) is 0 Å². The molecule has 0 aliphatic rings.